The van der Waals surface area contributed by atoms with E-state index in [1.807, 2.05) is 20.8 Å². The van der Waals surface area contributed by atoms with Gasteiger partial charge in [-0.05, 0) is 71.5 Å². The van der Waals surface area contributed by atoms with E-state index < -0.39 is 22.8 Å². The van der Waals surface area contributed by atoms with Crippen LogP contribution in [-0.4, -0.2) is 23.1 Å². The van der Waals surface area contributed by atoms with Crippen LogP contribution in [0, 0.1) is 19.7 Å². The molecule has 0 fully saturated rings. The van der Waals surface area contributed by atoms with E-state index in [4.69, 9.17) is 16.3 Å². The molecule has 8 nitrogen and oxygen atoms in total. The van der Waals surface area contributed by atoms with Crippen molar-refractivity contribution in [3.8, 4) is 11.5 Å². The molecular formula is C26H31ClFN5O3S. The number of aryl methyl sites for hydroxylation is 1. The van der Waals surface area contributed by atoms with Gasteiger partial charge in [0.25, 0.3) is 11.5 Å². The Kier molecular flexibility index (Phi) is 8.78. The zero-order valence-corrected chi connectivity index (χ0v) is 23.4. The Morgan fingerprint density at radius 3 is 2.46 bits per heavy atom. The summed E-state index contributed by atoms with van der Waals surface area (Å²) in [6.07, 6.45) is 0. The molecule has 1 aromatic heterocycles. The number of nitrogens with zero attached hydrogens (tertiary/aromatic N) is 1. The molecule has 37 heavy (non-hydrogen) atoms. The maximum Gasteiger partial charge on any atom is 0.259 e. The summed E-state index contributed by atoms with van der Waals surface area (Å²) in [4.78, 5) is 26.9. The highest BCUT2D eigenvalue weighted by molar-refractivity contribution is 7.98. The molecule has 2 aromatic carbocycles. The lowest BCUT2D eigenvalue weighted by molar-refractivity contribution is 0.0917. The predicted octanol–water partition coefficient (Wildman–Crippen LogP) is 6.05. The van der Waals surface area contributed by atoms with Crippen molar-refractivity contribution >= 4 is 46.8 Å². The van der Waals surface area contributed by atoms with Crippen LogP contribution < -0.4 is 30.4 Å². The van der Waals surface area contributed by atoms with Crippen molar-refractivity contribution in [2.24, 2.45) is 7.05 Å². The molecule has 0 saturated heterocycles. The summed E-state index contributed by atoms with van der Waals surface area (Å²) in [7, 11) is 3.26. The van der Waals surface area contributed by atoms with Crippen LogP contribution in [0.25, 0.3) is 0 Å². The summed E-state index contributed by atoms with van der Waals surface area (Å²) in [6, 6.07) is 9.76. The number of anilines is 3. The number of carbonyl (C=O) groups is 1. The summed E-state index contributed by atoms with van der Waals surface area (Å²) in [5.74, 6) is -0.711. The standard InChI is InChI=1S/C26H31ClFN5O3S/c1-14-11-12-17(16(28)13-14)30-23-20(24(34)31-26(3,4)5)22(15(2)25(35)33(23)7)36-19-10-8-9-18(21(19)27)32-37-29-6/h8-13,29-30,32H,1-7H3,(H,31,34). The first kappa shape index (κ1) is 28.4. The quantitative estimate of drug-likeness (QED) is 0.255. The number of pyridine rings is 1. The Morgan fingerprint density at radius 2 is 1.84 bits per heavy atom. The molecule has 0 spiro atoms. The molecule has 4 N–H and O–H groups in total. The van der Waals surface area contributed by atoms with Crippen LogP contribution in [0.1, 0.15) is 42.3 Å². The minimum atomic E-state index is -0.602. The van der Waals surface area contributed by atoms with Gasteiger partial charge in [-0.1, -0.05) is 23.7 Å². The third-order valence-electron chi connectivity index (χ3n) is 5.30. The van der Waals surface area contributed by atoms with Gasteiger partial charge < -0.3 is 20.1 Å². The van der Waals surface area contributed by atoms with Gasteiger partial charge in [0.15, 0.2) is 5.75 Å². The van der Waals surface area contributed by atoms with Gasteiger partial charge in [0, 0.05) is 24.7 Å². The van der Waals surface area contributed by atoms with Crippen LogP contribution >= 0.6 is 23.7 Å². The zero-order chi connectivity index (χ0) is 27.5. The van der Waals surface area contributed by atoms with Crippen molar-refractivity contribution < 1.29 is 13.9 Å². The molecule has 1 heterocycles. The first-order chi connectivity index (χ1) is 17.3. The third kappa shape index (κ3) is 6.57. The fourth-order valence-electron chi connectivity index (χ4n) is 3.53. The topological polar surface area (TPSA) is 96.4 Å². The van der Waals surface area contributed by atoms with E-state index in [-0.39, 0.29) is 39.2 Å². The number of hydrogen-bond donors (Lipinski definition) is 4. The molecule has 0 bridgehead atoms. The number of ether oxygens (including phenoxy) is 1. The van der Waals surface area contributed by atoms with Crippen molar-refractivity contribution in [1.29, 1.82) is 0 Å². The van der Waals surface area contributed by atoms with Crippen LogP contribution in [0.4, 0.5) is 21.6 Å². The first-order valence-electron chi connectivity index (χ1n) is 11.5. The number of carbonyl (C=O) groups excluding carboxylic acids is 1. The second kappa shape index (κ2) is 11.5. The molecule has 0 unspecified atom stereocenters. The molecule has 0 aliphatic carbocycles. The van der Waals surface area contributed by atoms with Crippen LogP contribution in [0.3, 0.4) is 0 Å². The van der Waals surface area contributed by atoms with Crippen molar-refractivity contribution in [2.75, 3.05) is 17.1 Å². The number of aromatic nitrogens is 1. The van der Waals surface area contributed by atoms with Gasteiger partial charge in [0.05, 0.1) is 16.9 Å². The average Bonchev–Trinajstić information content (AvgIpc) is 2.81. The Labute approximate surface area is 225 Å². The van der Waals surface area contributed by atoms with Gasteiger partial charge in [-0.3, -0.25) is 14.2 Å². The number of benzene rings is 2. The summed E-state index contributed by atoms with van der Waals surface area (Å²) in [5.41, 5.74) is 0.608. The number of nitrogens with one attached hydrogen (secondary N) is 4. The smallest absolute Gasteiger partial charge is 0.259 e. The molecule has 11 heteroatoms. The summed E-state index contributed by atoms with van der Waals surface area (Å²) < 4.78 is 28.2. The fraction of sp³-hybridized carbons (Fsp3) is 0.308. The summed E-state index contributed by atoms with van der Waals surface area (Å²) in [5, 5.41) is 6.11. The predicted molar refractivity (Wildman–Crippen MR) is 150 cm³/mol. The lowest BCUT2D eigenvalue weighted by Gasteiger charge is -2.25. The Balaban J connectivity index is 2.25. The number of amides is 1. The van der Waals surface area contributed by atoms with Crippen LogP contribution in [0.15, 0.2) is 41.2 Å². The van der Waals surface area contributed by atoms with Crippen molar-refractivity contribution in [1.82, 2.24) is 14.6 Å². The Bertz CT molecular complexity index is 1390. The molecule has 0 saturated carbocycles. The second-order valence-corrected chi connectivity index (χ2v) is 10.7. The molecule has 0 atom stereocenters. The van der Waals surface area contributed by atoms with E-state index in [0.717, 1.165) is 5.56 Å². The highest BCUT2D eigenvalue weighted by Crippen LogP contribution is 2.39. The molecule has 0 aliphatic rings. The van der Waals surface area contributed by atoms with E-state index in [9.17, 15) is 14.0 Å². The van der Waals surface area contributed by atoms with Gasteiger partial charge in [0.1, 0.15) is 28.0 Å². The van der Waals surface area contributed by atoms with E-state index in [2.05, 4.69) is 20.1 Å². The van der Waals surface area contributed by atoms with Crippen molar-refractivity contribution in [3.63, 3.8) is 0 Å². The molecule has 0 radical (unpaired) electrons. The molecule has 3 rings (SSSR count). The van der Waals surface area contributed by atoms with Crippen molar-refractivity contribution in [2.45, 2.75) is 40.2 Å². The first-order valence-corrected chi connectivity index (χ1v) is 12.7. The third-order valence-corrected chi connectivity index (χ3v) is 6.21. The SMILES string of the molecule is CNSNc1cccc(Oc2c(C(=O)NC(C)(C)C)c(Nc3ccc(C)cc3F)n(C)c(=O)c2C)c1Cl. The zero-order valence-electron chi connectivity index (χ0n) is 21.8. The lowest BCUT2D eigenvalue weighted by Crippen LogP contribution is -2.41. The van der Waals surface area contributed by atoms with E-state index >= 15 is 0 Å². The minimum Gasteiger partial charge on any atom is -0.454 e. The normalized spacial score (nSPS) is 11.3. The monoisotopic (exact) mass is 547 g/mol. The highest BCUT2D eigenvalue weighted by Gasteiger charge is 2.29. The van der Waals surface area contributed by atoms with Gasteiger partial charge in [-0.15, -0.1) is 0 Å². The summed E-state index contributed by atoms with van der Waals surface area (Å²) >= 11 is 7.80. The van der Waals surface area contributed by atoms with E-state index in [1.165, 1.54) is 29.8 Å². The van der Waals surface area contributed by atoms with Crippen molar-refractivity contribution in [3.05, 3.63) is 74.3 Å². The Hall–Kier alpha value is -3.21. The molecule has 3 aromatic rings. The molecule has 198 valence electrons. The van der Waals surface area contributed by atoms with Crippen LogP contribution in [0.5, 0.6) is 11.5 Å². The Morgan fingerprint density at radius 1 is 1.14 bits per heavy atom. The fourth-order valence-corrected chi connectivity index (χ4v) is 4.18. The minimum absolute atomic E-state index is 0.0141. The van der Waals surface area contributed by atoms with E-state index in [1.54, 1.807) is 51.2 Å². The second-order valence-electron chi connectivity index (χ2n) is 9.48. The van der Waals surface area contributed by atoms with Crippen LogP contribution in [0.2, 0.25) is 5.02 Å². The highest BCUT2D eigenvalue weighted by atomic mass is 35.5. The maximum atomic E-state index is 14.8. The van der Waals surface area contributed by atoms with Crippen LogP contribution in [-0.2, 0) is 7.05 Å². The maximum absolute atomic E-state index is 14.8. The largest absolute Gasteiger partial charge is 0.454 e. The molecule has 1 amide bonds. The van der Waals surface area contributed by atoms with Gasteiger partial charge in [-0.2, -0.15) is 0 Å². The van der Waals surface area contributed by atoms with E-state index in [0.29, 0.717) is 5.69 Å². The van der Waals surface area contributed by atoms with Gasteiger partial charge in [-0.25, -0.2) is 9.11 Å². The van der Waals surface area contributed by atoms with Gasteiger partial charge >= 0.3 is 0 Å². The number of hydrogen-bond acceptors (Lipinski definition) is 7. The molecular weight excluding hydrogens is 517 g/mol. The summed E-state index contributed by atoms with van der Waals surface area (Å²) in [6.45, 7) is 8.83. The number of halogens is 2. The number of rotatable bonds is 8. The lowest BCUT2D eigenvalue weighted by atomic mass is 10.1. The average molecular weight is 548 g/mol. The molecule has 0 aliphatic heterocycles. The van der Waals surface area contributed by atoms with Gasteiger partial charge in [0.2, 0.25) is 0 Å².